The Kier molecular flexibility index (Phi) is 3.02. The summed E-state index contributed by atoms with van der Waals surface area (Å²) in [5, 5.41) is -2.15. The maximum atomic E-state index is 12.0. The smallest absolute Gasteiger partial charge is 0.274 e. The van der Waals surface area contributed by atoms with Crippen molar-refractivity contribution in [3.63, 3.8) is 0 Å². The summed E-state index contributed by atoms with van der Waals surface area (Å²) < 4.78 is 32.5. The molecule has 0 bridgehead atoms. The van der Waals surface area contributed by atoms with E-state index in [0.29, 0.717) is 0 Å². The fourth-order valence-electron chi connectivity index (χ4n) is 0.111. The molecule has 0 aromatic carbocycles. The van der Waals surface area contributed by atoms with Gasteiger partial charge in [0.15, 0.2) is 0 Å². The summed E-state index contributed by atoms with van der Waals surface area (Å²) in [6, 6.07) is 0. The monoisotopic (exact) mass is 258 g/mol. The molecular formula is C3BrCl2F3O. The first-order valence-electron chi connectivity index (χ1n) is 1.84. The molecule has 0 aromatic rings. The van der Waals surface area contributed by atoms with Crippen molar-refractivity contribution in [3.05, 3.63) is 0 Å². The molecule has 1 nitrogen and oxygen atoms in total. The van der Waals surface area contributed by atoms with Crippen molar-refractivity contribution in [2.24, 2.45) is 0 Å². The van der Waals surface area contributed by atoms with Crippen LogP contribution in [0.5, 0.6) is 0 Å². The van der Waals surface area contributed by atoms with Crippen LogP contribution in [0.1, 0.15) is 0 Å². The zero-order valence-corrected chi connectivity index (χ0v) is 7.27. The van der Waals surface area contributed by atoms with Gasteiger partial charge in [0.25, 0.3) is 5.24 Å². The summed E-state index contributed by atoms with van der Waals surface area (Å²) in [6.45, 7) is 0. The predicted octanol–water partition coefficient (Wildman–Crippen LogP) is 2.64. The van der Waals surface area contributed by atoms with Gasteiger partial charge >= 0.3 is 9.96 Å². The summed E-state index contributed by atoms with van der Waals surface area (Å²) in [7, 11) is 0. The van der Waals surface area contributed by atoms with E-state index < -0.39 is 15.2 Å². The Balaban J connectivity index is 4.57. The maximum absolute atomic E-state index is 12.0. The molecule has 0 saturated heterocycles. The number of carbonyl (C=O) groups is 1. The van der Waals surface area contributed by atoms with Gasteiger partial charge in [-0.1, -0.05) is 11.6 Å². The number of halogens is 6. The van der Waals surface area contributed by atoms with Gasteiger partial charge in [-0.3, -0.25) is 4.79 Å². The zero-order chi connectivity index (χ0) is 8.58. The normalized spacial score (nSPS) is 18.2. The lowest BCUT2D eigenvalue weighted by molar-refractivity contribution is -0.140. The van der Waals surface area contributed by atoms with Crippen molar-refractivity contribution in [1.29, 1.82) is 0 Å². The lowest BCUT2D eigenvalue weighted by Gasteiger charge is -2.17. The minimum Gasteiger partial charge on any atom is -0.274 e. The molecule has 0 aliphatic carbocycles. The first-order chi connectivity index (χ1) is 4.19. The van der Waals surface area contributed by atoms with Gasteiger partial charge in [-0.25, -0.2) is 4.39 Å². The predicted molar refractivity (Wildman–Crippen MR) is 34.4 cm³/mol. The minimum absolute atomic E-state index is 1.74. The topological polar surface area (TPSA) is 17.1 Å². The fraction of sp³-hybridized carbons (Fsp3) is 0.667. The van der Waals surface area contributed by atoms with Crippen molar-refractivity contribution < 1.29 is 18.0 Å². The molecule has 10 heavy (non-hydrogen) atoms. The molecule has 0 rings (SSSR count). The first-order valence-corrected chi connectivity index (χ1v) is 3.39. The van der Waals surface area contributed by atoms with Crippen LogP contribution in [0, 0.1) is 0 Å². The molecule has 0 fully saturated rings. The van der Waals surface area contributed by atoms with E-state index >= 15 is 0 Å². The van der Waals surface area contributed by atoms with Crippen molar-refractivity contribution >= 4 is 44.4 Å². The van der Waals surface area contributed by atoms with E-state index in [1.807, 2.05) is 0 Å². The Labute approximate surface area is 72.6 Å². The fourth-order valence-corrected chi connectivity index (χ4v) is 0.670. The highest BCUT2D eigenvalue weighted by molar-refractivity contribution is 9.10. The molecule has 0 aromatic heterocycles. The third kappa shape index (κ3) is 2.00. The van der Waals surface area contributed by atoms with Crippen LogP contribution in [0.2, 0.25) is 0 Å². The van der Waals surface area contributed by atoms with Gasteiger partial charge in [-0.15, -0.1) is 0 Å². The van der Waals surface area contributed by atoms with Gasteiger partial charge in [0.2, 0.25) is 0 Å². The van der Waals surface area contributed by atoms with E-state index in [2.05, 4.69) is 23.2 Å². The van der Waals surface area contributed by atoms with Crippen LogP contribution in [-0.2, 0) is 4.79 Å². The Morgan fingerprint density at radius 1 is 1.40 bits per heavy atom. The summed E-state index contributed by atoms with van der Waals surface area (Å²) in [6.07, 6.45) is 0. The van der Waals surface area contributed by atoms with Gasteiger partial charge in [0.1, 0.15) is 0 Å². The average molecular weight is 260 g/mol. The zero-order valence-electron chi connectivity index (χ0n) is 4.18. The van der Waals surface area contributed by atoms with E-state index in [1.165, 1.54) is 0 Å². The van der Waals surface area contributed by atoms with E-state index in [-0.39, 0.29) is 0 Å². The molecule has 0 aliphatic rings. The second-order valence-corrected chi connectivity index (χ2v) is 3.76. The molecule has 0 spiro atoms. The number of carbonyl (C=O) groups excluding carboxylic acids is 1. The average Bonchev–Trinajstić information content (AvgIpc) is 1.62. The molecule has 0 saturated carbocycles. The van der Waals surface area contributed by atoms with Crippen LogP contribution in [0.25, 0.3) is 0 Å². The number of hydrogen-bond acceptors (Lipinski definition) is 1. The molecule has 0 aliphatic heterocycles. The van der Waals surface area contributed by atoms with Crippen molar-refractivity contribution in [3.8, 4) is 0 Å². The van der Waals surface area contributed by atoms with Crippen LogP contribution in [0.15, 0.2) is 0 Å². The summed E-state index contributed by atoms with van der Waals surface area (Å²) in [5.41, 5.74) is 0. The van der Waals surface area contributed by atoms with Gasteiger partial charge < -0.3 is 0 Å². The molecule has 0 radical (unpaired) electrons. The standard InChI is InChI=1S/C3BrCl2F3O/c4-3(6,9)2(7,8)1(5)10. The highest BCUT2D eigenvalue weighted by Gasteiger charge is 2.57. The summed E-state index contributed by atoms with van der Waals surface area (Å²) in [4.78, 5) is 9.77. The highest BCUT2D eigenvalue weighted by Crippen LogP contribution is 2.42. The van der Waals surface area contributed by atoms with Gasteiger partial charge in [-0.2, -0.15) is 8.78 Å². The van der Waals surface area contributed by atoms with Crippen molar-refractivity contribution in [1.82, 2.24) is 0 Å². The Bertz CT molecular complexity index is 154. The van der Waals surface area contributed by atoms with Crippen LogP contribution < -0.4 is 0 Å². The summed E-state index contributed by atoms with van der Waals surface area (Å²) >= 11 is 10.5. The van der Waals surface area contributed by atoms with E-state index in [0.717, 1.165) is 0 Å². The third-order valence-corrected chi connectivity index (χ3v) is 1.58. The number of hydrogen-bond donors (Lipinski definition) is 0. The Morgan fingerprint density at radius 2 is 1.70 bits per heavy atom. The quantitative estimate of drug-likeness (QED) is 0.551. The molecule has 7 heteroatoms. The van der Waals surface area contributed by atoms with Crippen LogP contribution in [-0.4, -0.2) is 15.2 Å². The lowest BCUT2D eigenvalue weighted by atomic mass is 10.4. The third-order valence-electron chi connectivity index (χ3n) is 0.603. The number of rotatable bonds is 2. The van der Waals surface area contributed by atoms with Crippen LogP contribution in [0.4, 0.5) is 13.2 Å². The van der Waals surface area contributed by atoms with Gasteiger partial charge in [0.05, 0.1) is 0 Å². The van der Waals surface area contributed by atoms with Gasteiger partial charge in [-0.05, 0) is 27.5 Å². The Hall–Kier alpha value is 0.520. The molecular weight excluding hydrogens is 260 g/mol. The molecule has 60 valence electrons. The second kappa shape index (κ2) is 2.87. The molecule has 1 unspecified atom stereocenters. The molecule has 0 heterocycles. The van der Waals surface area contributed by atoms with E-state index in [9.17, 15) is 18.0 Å². The van der Waals surface area contributed by atoms with Crippen LogP contribution >= 0.6 is 39.1 Å². The summed E-state index contributed by atoms with van der Waals surface area (Å²) in [5.74, 6) is -4.42. The molecule has 0 N–H and O–H groups in total. The largest absolute Gasteiger partial charge is 0.377 e. The van der Waals surface area contributed by atoms with Crippen molar-refractivity contribution in [2.45, 2.75) is 9.96 Å². The van der Waals surface area contributed by atoms with Crippen molar-refractivity contribution in [2.75, 3.05) is 0 Å². The van der Waals surface area contributed by atoms with Gasteiger partial charge in [0, 0.05) is 0 Å². The number of alkyl halides is 5. The van der Waals surface area contributed by atoms with E-state index in [4.69, 9.17) is 0 Å². The Morgan fingerprint density at radius 3 is 1.70 bits per heavy atom. The molecule has 1 atom stereocenters. The minimum atomic E-state index is -4.42. The lowest BCUT2D eigenvalue weighted by Crippen LogP contribution is -2.39. The molecule has 0 amide bonds. The van der Waals surface area contributed by atoms with Crippen LogP contribution in [0.3, 0.4) is 0 Å². The highest BCUT2D eigenvalue weighted by atomic mass is 79.9. The second-order valence-electron chi connectivity index (χ2n) is 1.35. The maximum Gasteiger partial charge on any atom is 0.377 e. The first kappa shape index (κ1) is 10.5. The SMILES string of the molecule is O=C(Cl)C(F)(F)C(F)(Cl)Br. The van der Waals surface area contributed by atoms with E-state index in [1.54, 1.807) is 15.9 Å².